The van der Waals surface area contributed by atoms with Crippen LogP contribution in [0.3, 0.4) is 0 Å². The molecule has 1 nitrogen and oxygen atoms in total. The highest BCUT2D eigenvalue weighted by atomic mass is 16.3. The monoisotopic (exact) mass is 176 g/mol. The van der Waals surface area contributed by atoms with Gasteiger partial charge in [0.15, 0.2) is 0 Å². The molecule has 0 aliphatic rings. The number of unbranched alkanes of at least 4 members (excludes halogenated alkanes) is 1. The minimum atomic E-state index is 0.118. The van der Waals surface area contributed by atoms with Crippen molar-refractivity contribution in [3.05, 3.63) is 41.5 Å². The largest absolute Gasteiger partial charge is 0.392 e. The summed E-state index contributed by atoms with van der Waals surface area (Å²) in [4.78, 5) is 0. The summed E-state index contributed by atoms with van der Waals surface area (Å²) in [5, 5.41) is 9.04. The molecule has 1 rings (SSSR count). The fourth-order valence-electron chi connectivity index (χ4n) is 1.22. The van der Waals surface area contributed by atoms with Gasteiger partial charge in [-0.2, -0.15) is 0 Å². The van der Waals surface area contributed by atoms with Gasteiger partial charge in [0.1, 0.15) is 0 Å². The van der Waals surface area contributed by atoms with Crippen LogP contribution < -0.4 is 0 Å². The van der Waals surface area contributed by atoms with Gasteiger partial charge in [0.05, 0.1) is 6.61 Å². The summed E-state index contributed by atoms with van der Waals surface area (Å²) >= 11 is 0. The molecular weight excluding hydrogens is 160 g/mol. The molecule has 13 heavy (non-hydrogen) atoms. The summed E-state index contributed by atoms with van der Waals surface area (Å²) < 4.78 is 0. The van der Waals surface area contributed by atoms with E-state index in [-0.39, 0.29) is 6.61 Å². The fourth-order valence-corrected chi connectivity index (χ4v) is 1.22. The molecule has 0 atom stereocenters. The van der Waals surface area contributed by atoms with E-state index in [2.05, 4.69) is 19.1 Å². The molecule has 1 aromatic rings. The molecule has 0 saturated heterocycles. The normalized spacial score (nSPS) is 10.9. The molecule has 0 bridgehead atoms. The average molecular weight is 176 g/mol. The molecule has 0 unspecified atom stereocenters. The van der Waals surface area contributed by atoms with Crippen molar-refractivity contribution in [3.63, 3.8) is 0 Å². The minimum absolute atomic E-state index is 0.118. The Labute approximate surface area is 79.7 Å². The van der Waals surface area contributed by atoms with Crippen molar-refractivity contribution in [2.24, 2.45) is 0 Å². The average Bonchev–Trinajstić information content (AvgIpc) is 2.19. The second kappa shape index (κ2) is 5.55. The van der Waals surface area contributed by atoms with Crippen LogP contribution in [0.1, 0.15) is 30.9 Å². The lowest BCUT2D eigenvalue weighted by Gasteiger charge is -2.00. The lowest BCUT2D eigenvalue weighted by molar-refractivity contribution is 0.281. The Kier molecular flexibility index (Phi) is 4.27. The third kappa shape index (κ3) is 3.03. The van der Waals surface area contributed by atoms with E-state index in [1.54, 1.807) is 0 Å². The maximum Gasteiger partial charge on any atom is 0.0687 e. The van der Waals surface area contributed by atoms with Crippen molar-refractivity contribution in [2.75, 3.05) is 0 Å². The molecular formula is C12H16O. The van der Waals surface area contributed by atoms with Gasteiger partial charge in [-0.25, -0.2) is 0 Å². The predicted octanol–water partition coefficient (Wildman–Crippen LogP) is 2.99. The van der Waals surface area contributed by atoms with Gasteiger partial charge in [0, 0.05) is 0 Å². The summed E-state index contributed by atoms with van der Waals surface area (Å²) in [5.41, 5.74) is 2.12. The van der Waals surface area contributed by atoms with Crippen molar-refractivity contribution < 1.29 is 5.11 Å². The fraction of sp³-hybridized carbons (Fsp3) is 0.333. The molecule has 0 aromatic heterocycles. The Hall–Kier alpha value is -1.08. The number of aliphatic hydroxyl groups excluding tert-OH is 1. The van der Waals surface area contributed by atoms with Gasteiger partial charge in [0.2, 0.25) is 0 Å². The number of allylic oxidation sites excluding steroid dienone is 1. The van der Waals surface area contributed by atoms with E-state index in [1.807, 2.05) is 24.3 Å². The number of hydrogen-bond donors (Lipinski definition) is 1. The zero-order valence-corrected chi connectivity index (χ0v) is 8.03. The number of benzene rings is 1. The maximum atomic E-state index is 9.04. The summed E-state index contributed by atoms with van der Waals surface area (Å²) in [6.07, 6.45) is 6.49. The molecule has 0 radical (unpaired) electrons. The highest BCUT2D eigenvalue weighted by Gasteiger charge is 1.94. The van der Waals surface area contributed by atoms with E-state index < -0.39 is 0 Å². The molecule has 0 aliphatic carbocycles. The standard InChI is InChI=1S/C12H16O/c1-2-3-4-7-11-8-5-6-9-12(11)10-13/h4-9,13H,2-3,10H2,1H3. The van der Waals surface area contributed by atoms with Crippen molar-refractivity contribution in [3.8, 4) is 0 Å². The molecule has 1 aromatic carbocycles. The van der Waals surface area contributed by atoms with Gasteiger partial charge in [-0.15, -0.1) is 0 Å². The number of aliphatic hydroxyl groups is 1. The van der Waals surface area contributed by atoms with Crippen LogP contribution >= 0.6 is 0 Å². The Morgan fingerprint density at radius 2 is 2.08 bits per heavy atom. The molecule has 1 heteroatoms. The molecule has 0 aliphatic heterocycles. The third-order valence-electron chi connectivity index (χ3n) is 1.98. The Morgan fingerprint density at radius 1 is 1.31 bits per heavy atom. The smallest absolute Gasteiger partial charge is 0.0687 e. The SMILES string of the molecule is CCCC=Cc1ccccc1CO. The summed E-state index contributed by atoms with van der Waals surface area (Å²) in [6.45, 7) is 2.27. The summed E-state index contributed by atoms with van der Waals surface area (Å²) in [5.74, 6) is 0. The van der Waals surface area contributed by atoms with Crippen LogP contribution in [-0.4, -0.2) is 5.11 Å². The zero-order chi connectivity index (χ0) is 9.52. The van der Waals surface area contributed by atoms with Crippen LogP contribution in [-0.2, 0) is 6.61 Å². The van der Waals surface area contributed by atoms with Crippen LogP contribution in [0.15, 0.2) is 30.3 Å². The van der Waals surface area contributed by atoms with E-state index in [9.17, 15) is 0 Å². The molecule has 70 valence electrons. The topological polar surface area (TPSA) is 20.2 Å². The van der Waals surface area contributed by atoms with Crippen LogP contribution in [0, 0.1) is 0 Å². The molecule has 0 saturated carbocycles. The first-order chi connectivity index (χ1) is 6.38. The van der Waals surface area contributed by atoms with Gasteiger partial charge in [-0.05, 0) is 17.5 Å². The summed E-state index contributed by atoms with van der Waals surface area (Å²) in [7, 11) is 0. The van der Waals surface area contributed by atoms with Gasteiger partial charge in [0.25, 0.3) is 0 Å². The van der Waals surface area contributed by atoms with Crippen molar-refractivity contribution >= 4 is 6.08 Å². The lowest BCUT2D eigenvalue weighted by atomic mass is 10.1. The van der Waals surface area contributed by atoms with Gasteiger partial charge >= 0.3 is 0 Å². The predicted molar refractivity (Wildman–Crippen MR) is 56.3 cm³/mol. The van der Waals surface area contributed by atoms with E-state index in [0.717, 1.165) is 24.0 Å². The van der Waals surface area contributed by atoms with E-state index >= 15 is 0 Å². The Morgan fingerprint density at radius 3 is 2.77 bits per heavy atom. The molecule has 0 fully saturated rings. The number of rotatable bonds is 4. The Balaban J connectivity index is 2.74. The molecule has 0 heterocycles. The first kappa shape index (κ1) is 10.0. The highest BCUT2D eigenvalue weighted by molar-refractivity contribution is 5.53. The highest BCUT2D eigenvalue weighted by Crippen LogP contribution is 2.10. The van der Waals surface area contributed by atoms with Crippen molar-refractivity contribution in [1.82, 2.24) is 0 Å². The van der Waals surface area contributed by atoms with Gasteiger partial charge < -0.3 is 5.11 Å². The second-order valence-electron chi connectivity index (χ2n) is 3.05. The van der Waals surface area contributed by atoms with Crippen LogP contribution in [0.5, 0.6) is 0 Å². The first-order valence-corrected chi connectivity index (χ1v) is 4.73. The van der Waals surface area contributed by atoms with E-state index in [0.29, 0.717) is 0 Å². The van der Waals surface area contributed by atoms with Crippen molar-refractivity contribution in [1.29, 1.82) is 0 Å². The molecule has 0 spiro atoms. The first-order valence-electron chi connectivity index (χ1n) is 4.73. The van der Waals surface area contributed by atoms with Gasteiger partial charge in [-0.3, -0.25) is 0 Å². The van der Waals surface area contributed by atoms with Crippen LogP contribution in [0.4, 0.5) is 0 Å². The third-order valence-corrected chi connectivity index (χ3v) is 1.98. The van der Waals surface area contributed by atoms with Gasteiger partial charge in [-0.1, -0.05) is 49.8 Å². The van der Waals surface area contributed by atoms with Crippen LogP contribution in [0.25, 0.3) is 6.08 Å². The Bertz CT molecular complexity index is 276. The van der Waals surface area contributed by atoms with E-state index in [4.69, 9.17) is 5.11 Å². The van der Waals surface area contributed by atoms with E-state index in [1.165, 1.54) is 0 Å². The minimum Gasteiger partial charge on any atom is -0.392 e. The zero-order valence-electron chi connectivity index (χ0n) is 8.03. The maximum absolute atomic E-state index is 9.04. The summed E-state index contributed by atoms with van der Waals surface area (Å²) in [6, 6.07) is 7.91. The van der Waals surface area contributed by atoms with Crippen LogP contribution in [0.2, 0.25) is 0 Å². The number of hydrogen-bond acceptors (Lipinski definition) is 1. The molecule has 1 N–H and O–H groups in total. The van der Waals surface area contributed by atoms with Crippen molar-refractivity contribution in [2.45, 2.75) is 26.4 Å². The quantitative estimate of drug-likeness (QED) is 0.747. The lowest BCUT2D eigenvalue weighted by Crippen LogP contribution is -1.86. The molecule has 0 amide bonds. The second-order valence-corrected chi connectivity index (χ2v) is 3.05.